The van der Waals surface area contributed by atoms with Gasteiger partial charge in [-0.1, -0.05) is 29.8 Å². The molecule has 2 rings (SSSR count). The van der Waals surface area contributed by atoms with E-state index < -0.39 is 10.0 Å². The van der Waals surface area contributed by atoms with Crippen LogP contribution in [0.2, 0.25) is 0 Å². The van der Waals surface area contributed by atoms with Crippen molar-refractivity contribution in [3.8, 4) is 0 Å². The number of hydrogen-bond donors (Lipinski definition) is 0. The number of sulfonamides is 1. The summed E-state index contributed by atoms with van der Waals surface area (Å²) in [7, 11) is -3.65. The Kier molecular flexibility index (Phi) is 5.55. The van der Waals surface area contributed by atoms with Gasteiger partial charge >= 0.3 is 0 Å². The van der Waals surface area contributed by atoms with Crippen LogP contribution < -0.4 is 4.90 Å². The molecule has 0 N–H and O–H groups in total. The van der Waals surface area contributed by atoms with Gasteiger partial charge in [-0.05, 0) is 50.6 Å². The molecule has 0 amide bonds. The molecule has 0 aliphatic rings. The Bertz CT molecular complexity index is 760. The van der Waals surface area contributed by atoms with E-state index in [4.69, 9.17) is 0 Å². The molecule has 0 fully saturated rings. The number of benzene rings is 2. The minimum atomic E-state index is -3.65. The molecule has 5 heteroatoms. The van der Waals surface area contributed by atoms with Gasteiger partial charge in [-0.2, -0.15) is 12.8 Å². The fraction of sp³-hybridized carbons (Fsp3) is 0.278. The predicted molar refractivity (Wildman–Crippen MR) is 96.0 cm³/mol. The predicted octanol–water partition coefficient (Wildman–Crippen LogP) is 3.65. The number of hydrogen-bond acceptors (Lipinski definition) is 3. The molecule has 0 bridgehead atoms. The second-order valence-corrected chi connectivity index (χ2v) is 6.92. The van der Waals surface area contributed by atoms with E-state index in [1.54, 1.807) is 24.3 Å². The maximum absolute atomic E-state index is 12.2. The van der Waals surface area contributed by atoms with Crippen LogP contribution in [0.5, 0.6) is 0 Å². The highest BCUT2D eigenvalue weighted by atomic mass is 32.2. The summed E-state index contributed by atoms with van der Waals surface area (Å²) >= 11 is 0. The zero-order chi connectivity index (χ0) is 16.9. The zero-order valence-electron chi connectivity index (χ0n) is 13.7. The first-order valence-electron chi connectivity index (χ1n) is 7.68. The molecule has 4 nitrogen and oxygen atoms in total. The largest absolute Gasteiger partial charge is 0.372 e. The van der Waals surface area contributed by atoms with Crippen molar-refractivity contribution in [3.63, 3.8) is 0 Å². The van der Waals surface area contributed by atoms with Crippen LogP contribution in [0.25, 0.3) is 0 Å². The van der Waals surface area contributed by atoms with E-state index in [0.717, 1.165) is 29.9 Å². The van der Waals surface area contributed by atoms with Crippen LogP contribution in [0.1, 0.15) is 25.0 Å². The molecular formula is C18H22N2O2S. The smallest absolute Gasteiger partial charge is 0.282 e. The molecule has 0 unspecified atom stereocenters. The van der Waals surface area contributed by atoms with Gasteiger partial charge < -0.3 is 4.90 Å². The molecule has 0 atom stereocenters. The molecule has 0 heterocycles. The third kappa shape index (κ3) is 4.42. The van der Waals surface area contributed by atoms with Crippen LogP contribution in [-0.4, -0.2) is 27.7 Å². The first-order valence-corrected chi connectivity index (χ1v) is 9.12. The molecule has 0 radical (unpaired) electrons. The summed E-state index contributed by atoms with van der Waals surface area (Å²) in [5, 5.41) is 0. The lowest BCUT2D eigenvalue weighted by molar-refractivity contribution is 0.598. The normalized spacial score (nSPS) is 11.8. The van der Waals surface area contributed by atoms with E-state index in [-0.39, 0.29) is 4.90 Å². The molecule has 2 aromatic rings. The highest BCUT2D eigenvalue weighted by molar-refractivity contribution is 7.90. The molecule has 23 heavy (non-hydrogen) atoms. The van der Waals surface area contributed by atoms with Gasteiger partial charge in [0.2, 0.25) is 0 Å². The quantitative estimate of drug-likeness (QED) is 0.760. The monoisotopic (exact) mass is 330 g/mol. The number of rotatable bonds is 6. The molecule has 0 aliphatic carbocycles. The Labute approximate surface area is 138 Å². The summed E-state index contributed by atoms with van der Waals surface area (Å²) in [5.41, 5.74) is 2.89. The standard InChI is InChI=1S/C18H22N2O2S/c1-4-20(5-2)17-10-8-16(9-11-17)14-19-23(21,22)18-12-6-15(3)7-13-18/h6-14H,4-5H2,1-3H3/b19-14-. The molecule has 0 aliphatic heterocycles. The number of anilines is 1. The molecule has 2 aromatic carbocycles. The van der Waals surface area contributed by atoms with Gasteiger partial charge in [0.15, 0.2) is 0 Å². The Morgan fingerprint density at radius 1 is 0.957 bits per heavy atom. The molecule has 0 saturated heterocycles. The molecular weight excluding hydrogens is 308 g/mol. The summed E-state index contributed by atoms with van der Waals surface area (Å²) in [4.78, 5) is 2.43. The fourth-order valence-corrected chi connectivity index (χ4v) is 3.12. The second-order valence-electron chi connectivity index (χ2n) is 5.29. The van der Waals surface area contributed by atoms with Gasteiger partial charge in [-0.15, -0.1) is 0 Å². The van der Waals surface area contributed by atoms with Crippen molar-refractivity contribution in [2.45, 2.75) is 25.7 Å². The average molecular weight is 330 g/mol. The van der Waals surface area contributed by atoms with E-state index >= 15 is 0 Å². The van der Waals surface area contributed by atoms with Gasteiger partial charge in [0.05, 0.1) is 4.90 Å². The van der Waals surface area contributed by atoms with Gasteiger partial charge in [0.25, 0.3) is 10.0 Å². The minimum Gasteiger partial charge on any atom is -0.372 e. The SMILES string of the molecule is CCN(CC)c1ccc(/C=N\S(=O)(=O)c2ccc(C)cc2)cc1. The van der Waals surface area contributed by atoms with Gasteiger partial charge in [0.1, 0.15) is 0 Å². The van der Waals surface area contributed by atoms with Gasteiger partial charge in [0, 0.05) is 25.0 Å². The van der Waals surface area contributed by atoms with E-state index in [9.17, 15) is 8.42 Å². The van der Waals surface area contributed by atoms with Crippen molar-refractivity contribution < 1.29 is 8.42 Å². The number of nitrogens with zero attached hydrogens (tertiary/aromatic N) is 2. The molecule has 0 saturated carbocycles. The molecule has 122 valence electrons. The lowest BCUT2D eigenvalue weighted by atomic mass is 10.2. The van der Waals surface area contributed by atoms with E-state index in [1.807, 2.05) is 31.2 Å². The van der Waals surface area contributed by atoms with Crippen molar-refractivity contribution in [2.75, 3.05) is 18.0 Å². The van der Waals surface area contributed by atoms with Crippen LogP contribution in [0.15, 0.2) is 57.8 Å². The Morgan fingerprint density at radius 2 is 1.52 bits per heavy atom. The van der Waals surface area contributed by atoms with Crippen molar-refractivity contribution in [1.29, 1.82) is 0 Å². The lowest BCUT2D eigenvalue weighted by Crippen LogP contribution is -2.21. The van der Waals surface area contributed by atoms with Crippen molar-refractivity contribution >= 4 is 21.9 Å². The van der Waals surface area contributed by atoms with Gasteiger partial charge in [-0.25, -0.2) is 0 Å². The van der Waals surface area contributed by atoms with Crippen molar-refractivity contribution in [2.24, 2.45) is 4.40 Å². The maximum Gasteiger partial charge on any atom is 0.282 e. The first-order chi connectivity index (χ1) is 11.0. The first kappa shape index (κ1) is 17.2. The van der Waals surface area contributed by atoms with Crippen LogP contribution >= 0.6 is 0 Å². The third-order valence-corrected chi connectivity index (χ3v) is 4.93. The minimum absolute atomic E-state index is 0.208. The lowest BCUT2D eigenvalue weighted by Gasteiger charge is -2.20. The summed E-state index contributed by atoms with van der Waals surface area (Å²) in [5.74, 6) is 0. The average Bonchev–Trinajstić information content (AvgIpc) is 2.56. The summed E-state index contributed by atoms with van der Waals surface area (Å²) < 4.78 is 28.1. The van der Waals surface area contributed by atoms with Crippen LogP contribution in [-0.2, 0) is 10.0 Å². The van der Waals surface area contributed by atoms with Crippen LogP contribution in [0.3, 0.4) is 0 Å². The summed E-state index contributed by atoms with van der Waals surface area (Å²) in [6.07, 6.45) is 1.39. The third-order valence-electron chi connectivity index (χ3n) is 3.68. The Hall–Kier alpha value is -2.14. The highest BCUT2D eigenvalue weighted by Gasteiger charge is 2.10. The fourth-order valence-electron chi connectivity index (χ4n) is 2.26. The van der Waals surface area contributed by atoms with Crippen molar-refractivity contribution in [1.82, 2.24) is 0 Å². The summed E-state index contributed by atoms with van der Waals surface area (Å²) in [6.45, 7) is 7.99. The molecule has 0 spiro atoms. The number of aryl methyl sites for hydroxylation is 1. The van der Waals surface area contributed by atoms with Crippen molar-refractivity contribution in [3.05, 3.63) is 59.7 Å². The zero-order valence-corrected chi connectivity index (χ0v) is 14.5. The second kappa shape index (κ2) is 7.42. The molecule has 0 aromatic heterocycles. The Morgan fingerprint density at radius 3 is 2.04 bits per heavy atom. The van der Waals surface area contributed by atoms with Gasteiger partial charge in [-0.3, -0.25) is 0 Å². The van der Waals surface area contributed by atoms with Crippen LogP contribution in [0.4, 0.5) is 5.69 Å². The summed E-state index contributed by atoms with van der Waals surface area (Å²) in [6, 6.07) is 14.4. The van der Waals surface area contributed by atoms with E-state index in [2.05, 4.69) is 23.1 Å². The topological polar surface area (TPSA) is 49.7 Å². The Balaban J connectivity index is 2.17. The van der Waals surface area contributed by atoms with E-state index in [0.29, 0.717) is 0 Å². The van der Waals surface area contributed by atoms with Crippen LogP contribution in [0, 0.1) is 6.92 Å². The maximum atomic E-state index is 12.2. The van der Waals surface area contributed by atoms with E-state index in [1.165, 1.54) is 6.21 Å². The highest BCUT2D eigenvalue weighted by Crippen LogP contribution is 2.16.